The molecule has 0 spiro atoms. The van der Waals surface area contributed by atoms with Crippen LogP contribution in [-0.4, -0.2) is 0 Å². The Kier molecular flexibility index (Phi) is 3.85. The summed E-state index contributed by atoms with van der Waals surface area (Å²) in [6.07, 6.45) is 0. The zero-order valence-electron chi connectivity index (χ0n) is 9.68. The highest BCUT2D eigenvalue weighted by atomic mass is 32.2. The molecule has 17 heavy (non-hydrogen) atoms. The molecule has 0 aromatic heterocycles. The minimum absolute atomic E-state index is 0.714. The predicted octanol–water partition coefficient (Wildman–Crippen LogP) is 4.84. The third-order valence-corrected chi connectivity index (χ3v) is 3.77. The van der Waals surface area contributed by atoms with E-state index in [-0.39, 0.29) is 0 Å². The third kappa shape index (κ3) is 3.12. The Labute approximate surface area is 106 Å². The number of thioether (sulfide) groups is 1. The van der Waals surface area contributed by atoms with Crippen LogP contribution in [0.3, 0.4) is 0 Å². The van der Waals surface area contributed by atoms with Crippen molar-refractivity contribution in [3.63, 3.8) is 0 Å². The predicted molar refractivity (Wildman–Crippen MR) is 73.4 cm³/mol. The highest BCUT2D eigenvalue weighted by Crippen LogP contribution is 2.28. The molecule has 84 valence electrons. The lowest BCUT2D eigenvalue weighted by atomic mass is 10.2. The van der Waals surface area contributed by atoms with Crippen molar-refractivity contribution in [1.29, 1.82) is 0 Å². The summed E-state index contributed by atoms with van der Waals surface area (Å²) in [4.78, 5) is 4.68. The maximum absolute atomic E-state index is 6.97. The fourth-order valence-corrected chi connectivity index (χ4v) is 2.57. The van der Waals surface area contributed by atoms with Crippen LogP contribution in [0.4, 0.5) is 5.69 Å². The Morgan fingerprint density at radius 3 is 2.53 bits per heavy atom. The molecular weight excluding hydrogens is 226 g/mol. The molecular formula is C15H13NS. The highest BCUT2D eigenvalue weighted by molar-refractivity contribution is 7.98. The summed E-state index contributed by atoms with van der Waals surface area (Å²) in [6.45, 7) is 9.02. The fourth-order valence-electron chi connectivity index (χ4n) is 1.60. The van der Waals surface area contributed by atoms with E-state index in [1.165, 1.54) is 16.0 Å². The van der Waals surface area contributed by atoms with Gasteiger partial charge in [0.1, 0.15) is 0 Å². The van der Waals surface area contributed by atoms with E-state index in [1.807, 2.05) is 36.0 Å². The van der Waals surface area contributed by atoms with Crippen molar-refractivity contribution in [3.8, 4) is 0 Å². The van der Waals surface area contributed by atoms with Crippen LogP contribution in [0, 0.1) is 13.5 Å². The maximum Gasteiger partial charge on any atom is 0.187 e. The molecule has 0 heterocycles. The molecule has 0 saturated carbocycles. The van der Waals surface area contributed by atoms with Gasteiger partial charge in [-0.3, -0.25) is 0 Å². The molecule has 0 radical (unpaired) electrons. The van der Waals surface area contributed by atoms with E-state index in [1.54, 1.807) is 0 Å². The van der Waals surface area contributed by atoms with Crippen molar-refractivity contribution >= 4 is 17.4 Å². The molecule has 0 atom stereocenters. The monoisotopic (exact) mass is 239 g/mol. The van der Waals surface area contributed by atoms with Gasteiger partial charge >= 0.3 is 0 Å². The minimum atomic E-state index is 0.714. The first-order valence-electron chi connectivity index (χ1n) is 5.44. The molecule has 0 N–H and O–H groups in total. The summed E-state index contributed by atoms with van der Waals surface area (Å²) >= 11 is 1.82. The molecule has 0 unspecified atom stereocenters. The second-order valence-corrected chi connectivity index (χ2v) is 4.85. The standard InChI is InChI=1S/C15H13NS/c1-12-10-14(16-2)8-9-15(12)17-11-13-6-4-3-5-7-13/h3-10H,11H2,1H3. The SMILES string of the molecule is [C-]#[N+]c1ccc(SCc2ccccc2)c(C)c1. The van der Waals surface area contributed by atoms with E-state index in [9.17, 15) is 0 Å². The van der Waals surface area contributed by atoms with E-state index < -0.39 is 0 Å². The van der Waals surface area contributed by atoms with Gasteiger partial charge in [0.25, 0.3) is 0 Å². The first-order chi connectivity index (χ1) is 8.29. The first-order valence-corrected chi connectivity index (χ1v) is 6.43. The van der Waals surface area contributed by atoms with Crippen LogP contribution in [0.15, 0.2) is 53.4 Å². The van der Waals surface area contributed by atoms with Gasteiger partial charge in [0.2, 0.25) is 0 Å². The summed E-state index contributed by atoms with van der Waals surface area (Å²) in [6, 6.07) is 16.3. The van der Waals surface area contributed by atoms with Crippen LogP contribution in [0.5, 0.6) is 0 Å². The average Bonchev–Trinajstić information content (AvgIpc) is 2.38. The molecule has 0 saturated heterocycles. The van der Waals surface area contributed by atoms with Gasteiger partial charge < -0.3 is 0 Å². The van der Waals surface area contributed by atoms with Gasteiger partial charge in [-0.2, -0.15) is 0 Å². The topological polar surface area (TPSA) is 4.36 Å². The summed E-state index contributed by atoms with van der Waals surface area (Å²) < 4.78 is 0. The van der Waals surface area contributed by atoms with Gasteiger partial charge in [-0.15, -0.1) is 11.8 Å². The van der Waals surface area contributed by atoms with Gasteiger partial charge in [0, 0.05) is 10.6 Å². The number of rotatable bonds is 3. The molecule has 2 aromatic carbocycles. The van der Waals surface area contributed by atoms with Crippen molar-refractivity contribution in [3.05, 3.63) is 71.1 Å². The smallest absolute Gasteiger partial charge is 0.187 e. The van der Waals surface area contributed by atoms with E-state index in [0.29, 0.717) is 5.69 Å². The van der Waals surface area contributed by atoms with Gasteiger partial charge in [-0.05, 0) is 18.1 Å². The molecule has 2 heteroatoms. The lowest BCUT2D eigenvalue weighted by Crippen LogP contribution is -1.82. The van der Waals surface area contributed by atoms with Crippen molar-refractivity contribution in [2.45, 2.75) is 17.6 Å². The molecule has 0 aliphatic carbocycles. The molecule has 0 bridgehead atoms. The number of hydrogen-bond donors (Lipinski definition) is 0. The van der Waals surface area contributed by atoms with Crippen LogP contribution in [0.1, 0.15) is 11.1 Å². The Hall–Kier alpha value is -1.72. The first kappa shape index (κ1) is 11.8. The summed E-state index contributed by atoms with van der Waals surface area (Å²) in [5.74, 6) is 0.971. The molecule has 0 aliphatic heterocycles. The Morgan fingerprint density at radius 2 is 1.88 bits per heavy atom. The van der Waals surface area contributed by atoms with Crippen LogP contribution >= 0.6 is 11.8 Å². The molecule has 0 amide bonds. The largest absolute Gasteiger partial charge is 0.238 e. The Balaban J connectivity index is 2.08. The van der Waals surface area contributed by atoms with Crippen molar-refractivity contribution in [2.75, 3.05) is 0 Å². The second-order valence-electron chi connectivity index (χ2n) is 3.84. The van der Waals surface area contributed by atoms with E-state index in [2.05, 4.69) is 36.0 Å². The molecule has 2 rings (SSSR count). The van der Waals surface area contributed by atoms with Crippen LogP contribution in [0.25, 0.3) is 4.85 Å². The summed E-state index contributed by atoms with van der Waals surface area (Å²) in [7, 11) is 0. The normalized spacial score (nSPS) is 9.88. The number of hydrogen-bond acceptors (Lipinski definition) is 1. The summed E-state index contributed by atoms with van der Waals surface area (Å²) in [5, 5.41) is 0. The molecule has 2 aromatic rings. The van der Waals surface area contributed by atoms with E-state index in [4.69, 9.17) is 6.57 Å². The lowest BCUT2D eigenvalue weighted by Gasteiger charge is -2.06. The van der Waals surface area contributed by atoms with Crippen molar-refractivity contribution in [2.24, 2.45) is 0 Å². The average molecular weight is 239 g/mol. The number of benzene rings is 2. The zero-order chi connectivity index (χ0) is 12.1. The molecule has 0 aliphatic rings. The fraction of sp³-hybridized carbons (Fsp3) is 0.133. The van der Waals surface area contributed by atoms with Gasteiger partial charge in [-0.1, -0.05) is 48.5 Å². The second kappa shape index (κ2) is 5.56. The van der Waals surface area contributed by atoms with Gasteiger partial charge in [-0.25, -0.2) is 4.85 Å². The van der Waals surface area contributed by atoms with Gasteiger partial charge in [0.05, 0.1) is 6.57 Å². The van der Waals surface area contributed by atoms with Gasteiger partial charge in [0.15, 0.2) is 5.69 Å². The lowest BCUT2D eigenvalue weighted by molar-refractivity contribution is 1.29. The molecule has 0 fully saturated rings. The zero-order valence-corrected chi connectivity index (χ0v) is 10.5. The Bertz CT molecular complexity index is 541. The third-order valence-electron chi connectivity index (χ3n) is 2.52. The number of nitrogens with zero attached hydrogens (tertiary/aromatic N) is 1. The van der Waals surface area contributed by atoms with Crippen LogP contribution in [0.2, 0.25) is 0 Å². The number of aryl methyl sites for hydroxylation is 1. The van der Waals surface area contributed by atoms with E-state index >= 15 is 0 Å². The van der Waals surface area contributed by atoms with Crippen molar-refractivity contribution in [1.82, 2.24) is 0 Å². The van der Waals surface area contributed by atoms with Crippen molar-refractivity contribution < 1.29 is 0 Å². The Morgan fingerprint density at radius 1 is 1.12 bits per heavy atom. The van der Waals surface area contributed by atoms with E-state index in [0.717, 1.165) is 5.75 Å². The molecule has 1 nitrogen and oxygen atoms in total. The van der Waals surface area contributed by atoms with Crippen LogP contribution in [-0.2, 0) is 5.75 Å². The summed E-state index contributed by atoms with van der Waals surface area (Å²) in [5.41, 5.74) is 3.22. The minimum Gasteiger partial charge on any atom is -0.238 e. The van der Waals surface area contributed by atoms with Crippen LogP contribution < -0.4 is 0 Å². The maximum atomic E-state index is 6.97. The quantitative estimate of drug-likeness (QED) is 0.548. The highest BCUT2D eigenvalue weighted by Gasteiger charge is 2.01.